The highest BCUT2D eigenvalue weighted by Crippen LogP contribution is 2.13. The van der Waals surface area contributed by atoms with E-state index in [0.717, 1.165) is 12.5 Å². The van der Waals surface area contributed by atoms with Gasteiger partial charge in [0.15, 0.2) is 0 Å². The van der Waals surface area contributed by atoms with Gasteiger partial charge in [-0.3, -0.25) is 0 Å². The predicted molar refractivity (Wildman–Crippen MR) is 61.2 cm³/mol. The lowest BCUT2D eigenvalue weighted by Gasteiger charge is -2.23. The van der Waals surface area contributed by atoms with E-state index < -0.39 is 0 Å². The van der Waals surface area contributed by atoms with Crippen LogP contribution in [-0.2, 0) is 0 Å². The molecule has 1 aliphatic rings. The molecule has 1 aliphatic heterocycles. The zero-order valence-electron chi connectivity index (χ0n) is 8.59. The lowest BCUT2D eigenvalue weighted by atomic mass is 10.1. The van der Waals surface area contributed by atoms with Crippen LogP contribution >= 0.6 is 11.8 Å². The maximum Gasteiger partial charge on any atom is 0.0158 e. The molecule has 2 atom stereocenters. The molecule has 1 fully saturated rings. The van der Waals surface area contributed by atoms with E-state index in [9.17, 15) is 0 Å². The third kappa shape index (κ3) is 5.55. The van der Waals surface area contributed by atoms with E-state index in [4.69, 9.17) is 5.73 Å². The van der Waals surface area contributed by atoms with Gasteiger partial charge in [0.1, 0.15) is 0 Å². The first-order chi connectivity index (χ1) is 6.29. The smallest absolute Gasteiger partial charge is 0.0158 e. The molecule has 0 saturated carbocycles. The van der Waals surface area contributed by atoms with Crippen molar-refractivity contribution in [3.63, 3.8) is 0 Å². The molecule has 1 saturated heterocycles. The summed E-state index contributed by atoms with van der Waals surface area (Å²) in [7, 11) is 0. The fraction of sp³-hybridized carbons (Fsp3) is 1.00. The lowest BCUT2D eigenvalue weighted by Crippen LogP contribution is -2.35. The molecule has 0 aromatic carbocycles. The topological polar surface area (TPSA) is 38.0 Å². The van der Waals surface area contributed by atoms with Gasteiger partial charge in [-0.15, -0.1) is 0 Å². The van der Waals surface area contributed by atoms with Gasteiger partial charge in [-0.05, 0) is 38.5 Å². The van der Waals surface area contributed by atoms with Crippen molar-refractivity contribution in [3.05, 3.63) is 0 Å². The number of hydrogen-bond acceptors (Lipinski definition) is 3. The summed E-state index contributed by atoms with van der Waals surface area (Å²) in [6, 6.07) is 1.14. The summed E-state index contributed by atoms with van der Waals surface area (Å²) in [4.78, 5) is 0. The monoisotopic (exact) mass is 202 g/mol. The molecular weight excluding hydrogens is 180 g/mol. The summed E-state index contributed by atoms with van der Waals surface area (Å²) in [5, 5.41) is 3.56. The highest BCUT2D eigenvalue weighted by molar-refractivity contribution is 7.99. The van der Waals surface area contributed by atoms with Crippen LogP contribution in [0.4, 0.5) is 0 Å². The van der Waals surface area contributed by atoms with E-state index in [1.54, 1.807) is 0 Å². The van der Waals surface area contributed by atoms with E-state index in [1.807, 2.05) is 11.8 Å². The van der Waals surface area contributed by atoms with Gasteiger partial charge in [0.05, 0.1) is 0 Å². The normalized spacial score (nSPS) is 25.8. The van der Waals surface area contributed by atoms with Gasteiger partial charge < -0.3 is 11.1 Å². The van der Waals surface area contributed by atoms with Gasteiger partial charge in [0.2, 0.25) is 0 Å². The molecule has 3 N–H and O–H groups in total. The molecule has 0 amide bonds. The van der Waals surface area contributed by atoms with Gasteiger partial charge in [-0.25, -0.2) is 0 Å². The fourth-order valence-corrected chi connectivity index (χ4v) is 2.84. The maximum atomic E-state index is 5.68. The van der Waals surface area contributed by atoms with Crippen molar-refractivity contribution in [2.45, 2.75) is 44.7 Å². The van der Waals surface area contributed by atoms with E-state index in [2.05, 4.69) is 12.2 Å². The Bertz CT molecular complexity index is 122. The summed E-state index contributed by atoms with van der Waals surface area (Å²) in [6.45, 7) is 3.30. The second-order valence-corrected chi connectivity index (χ2v) is 5.14. The number of nitrogens with two attached hydrogens (primary N) is 1. The third-order valence-electron chi connectivity index (χ3n) is 2.45. The molecule has 3 heteroatoms. The quantitative estimate of drug-likeness (QED) is 0.665. The fourth-order valence-electron chi connectivity index (χ4n) is 1.56. The van der Waals surface area contributed by atoms with Crippen molar-refractivity contribution in [1.82, 2.24) is 5.32 Å². The Kier molecular flexibility index (Phi) is 5.83. The van der Waals surface area contributed by atoms with Gasteiger partial charge >= 0.3 is 0 Å². The first kappa shape index (κ1) is 11.3. The molecule has 1 heterocycles. The van der Waals surface area contributed by atoms with Crippen LogP contribution in [-0.4, -0.2) is 30.1 Å². The second-order valence-electron chi connectivity index (χ2n) is 3.99. The molecule has 78 valence electrons. The molecule has 0 bridgehead atoms. The molecule has 0 radical (unpaired) electrons. The Morgan fingerprint density at radius 1 is 1.54 bits per heavy atom. The van der Waals surface area contributed by atoms with Crippen molar-refractivity contribution in [1.29, 1.82) is 0 Å². The van der Waals surface area contributed by atoms with Gasteiger partial charge in [-0.2, -0.15) is 11.8 Å². The van der Waals surface area contributed by atoms with Crippen LogP contribution in [0.1, 0.15) is 32.6 Å². The van der Waals surface area contributed by atoms with Crippen LogP contribution in [0.5, 0.6) is 0 Å². The first-order valence-electron chi connectivity index (χ1n) is 5.36. The molecule has 1 rings (SSSR count). The van der Waals surface area contributed by atoms with E-state index in [1.165, 1.54) is 37.3 Å². The minimum atomic E-state index is 0.367. The maximum absolute atomic E-state index is 5.68. The third-order valence-corrected chi connectivity index (χ3v) is 3.61. The second kappa shape index (κ2) is 6.68. The minimum absolute atomic E-state index is 0.367. The Balaban J connectivity index is 1.92. The lowest BCUT2D eigenvalue weighted by molar-refractivity contribution is 0.430. The highest BCUT2D eigenvalue weighted by Gasteiger charge is 2.11. The summed E-state index contributed by atoms with van der Waals surface area (Å²) in [5.41, 5.74) is 5.68. The Morgan fingerprint density at radius 2 is 2.38 bits per heavy atom. The van der Waals surface area contributed by atoms with Crippen LogP contribution < -0.4 is 11.1 Å². The average Bonchev–Trinajstić information content (AvgIpc) is 2.14. The summed E-state index contributed by atoms with van der Waals surface area (Å²) in [6.07, 6.45) is 5.29. The van der Waals surface area contributed by atoms with E-state index in [0.29, 0.717) is 6.04 Å². The van der Waals surface area contributed by atoms with Crippen molar-refractivity contribution in [3.8, 4) is 0 Å². The number of piperidine rings is 1. The molecular formula is C10H22N2S. The van der Waals surface area contributed by atoms with Crippen molar-refractivity contribution in [2.75, 3.05) is 18.1 Å². The highest BCUT2D eigenvalue weighted by atomic mass is 32.2. The number of rotatable bonds is 5. The van der Waals surface area contributed by atoms with Crippen LogP contribution in [0, 0.1) is 0 Å². The molecule has 2 unspecified atom stereocenters. The van der Waals surface area contributed by atoms with Crippen molar-refractivity contribution in [2.24, 2.45) is 5.73 Å². The molecule has 0 spiro atoms. The molecule has 0 aromatic rings. The zero-order chi connectivity index (χ0) is 9.52. The predicted octanol–water partition coefficient (Wildman–Crippen LogP) is 1.60. The SMILES string of the molecule is CC(N)CCSCC1CCCCN1. The summed E-state index contributed by atoms with van der Waals surface area (Å²) in [5.74, 6) is 2.49. The molecule has 0 aromatic heterocycles. The Labute approximate surface area is 86.0 Å². The Hall–Kier alpha value is 0.270. The minimum Gasteiger partial charge on any atom is -0.328 e. The molecule has 0 aliphatic carbocycles. The average molecular weight is 202 g/mol. The van der Waals surface area contributed by atoms with E-state index >= 15 is 0 Å². The zero-order valence-corrected chi connectivity index (χ0v) is 9.41. The van der Waals surface area contributed by atoms with Gasteiger partial charge in [-0.1, -0.05) is 6.42 Å². The van der Waals surface area contributed by atoms with Crippen LogP contribution in [0.25, 0.3) is 0 Å². The molecule has 2 nitrogen and oxygen atoms in total. The van der Waals surface area contributed by atoms with Gasteiger partial charge in [0.25, 0.3) is 0 Å². The number of thioether (sulfide) groups is 1. The summed E-state index contributed by atoms with van der Waals surface area (Å²) < 4.78 is 0. The Morgan fingerprint density at radius 3 is 3.00 bits per heavy atom. The van der Waals surface area contributed by atoms with Crippen LogP contribution in [0.15, 0.2) is 0 Å². The first-order valence-corrected chi connectivity index (χ1v) is 6.51. The molecule has 13 heavy (non-hydrogen) atoms. The van der Waals surface area contributed by atoms with E-state index in [-0.39, 0.29) is 0 Å². The summed E-state index contributed by atoms with van der Waals surface area (Å²) >= 11 is 2.05. The number of hydrogen-bond donors (Lipinski definition) is 2. The van der Waals surface area contributed by atoms with Crippen LogP contribution in [0.3, 0.4) is 0 Å². The van der Waals surface area contributed by atoms with Crippen LogP contribution in [0.2, 0.25) is 0 Å². The van der Waals surface area contributed by atoms with Gasteiger partial charge in [0, 0.05) is 17.8 Å². The van der Waals surface area contributed by atoms with Crippen molar-refractivity contribution < 1.29 is 0 Å². The largest absolute Gasteiger partial charge is 0.328 e. The standard InChI is InChI=1S/C10H22N2S/c1-9(11)5-7-13-8-10-4-2-3-6-12-10/h9-10,12H,2-8,11H2,1H3. The van der Waals surface area contributed by atoms with Crippen molar-refractivity contribution >= 4 is 11.8 Å². The number of nitrogens with one attached hydrogen (secondary N) is 1.